The van der Waals surface area contributed by atoms with Crippen molar-refractivity contribution in [2.24, 2.45) is 0 Å². The lowest BCUT2D eigenvalue weighted by Gasteiger charge is -2.32. The summed E-state index contributed by atoms with van der Waals surface area (Å²) in [6.45, 7) is 18.0. The van der Waals surface area contributed by atoms with Crippen LogP contribution in [0.15, 0.2) is 47.7 Å². The van der Waals surface area contributed by atoms with Gasteiger partial charge in [-0.25, -0.2) is 0 Å². The third kappa shape index (κ3) is 3.70. The van der Waals surface area contributed by atoms with Gasteiger partial charge in [0.25, 0.3) is 0 Å². The highest BCUT2D eigenvalue weighted by molar-refractivity contribution is 6.96. The molecule has 1 aromatic carbocycles. The molecule has 0 radical (unpaired) electrons. The predicted octanol–water partition coefficient (Wildman–Crippen LogP) is 5.93. The van der Waals surface area contributed by atoms with Crippen molar-refractivity contribution in [1.29, 1.82) is 0 Å². The lowest BCUT2D eigenvalue weighted by molar-refractivity contribution is 0.354. The van der Waals surface area contributed by atoms with Crippen LogP contribution in [0.3, 0.4) is 0 Å². The van der Waals surface area contributed by atoms with Crippen LogP contribution in [0.5, 0.6) is 5.75 Å². The summed E-state index contributed by atoms with van der Waals surface area (Å²) < 4.78 is 6.20. The highest BCUT2D eigenvalue weighted by Gasteiger charge is 2.35. The minimum absolute atomic E-state index is 0.0298. The first kappa shape index (κ1) is 19.1. The molecule has 2 rings (SSSR count). The Balaban J connectivity index is 2.70. The van der Waals surface area contributed by atoms with Gasteiger partial charge < -0.3 is 4.74 Å². The fraction of sp³-hybridized carbons (Fsp3) is 0.429. The molecule has 0 aromatic heterocycles. The first-order valence-corrected chi connectivity index (χ1v) is 11.9. The maximum absolute atomic E-state index is 6.53. The van der Waals surface area contributed by atoms with Gasteiger partial charge in [-0.05, 0) is 36.1 Å². The summed E-state index contributed by atoms with van der Waals surface area (Å²) in [7, 11) is -1.87. The third-order valence-corrected chi connectivity index (χ3v) is 8.84. The Hall–Kier alpha value is -1.25. The molecule has 1 aliphatic rings. The normalized spacial score (nSPS) is 15.1. The number of ether oxygens (including phenoxy) is 1. The van der Waals surface area contributed by atoms with Crippen LogP contribution in [-0.2, 0) is 5.41 Å². The highest BCUT2D eigenvalue weighted by atomic mass is 35.5. The topological polar surface area (TPSA) is 9.23 Å². The van der Waals surface area contributed by atoms with Gasteiger partial charge in [-0.2, -0.15) is 0 Å². The molecule has 0 bridgehead atoms. The molecule has 0 heterocycles. The fourth-order valence-corrected chi connectivity index (χ4v) is 7.06. The maximum atomic E-state index is 6.53. The van der Waals surface area contributed by atoms with Crippen molar-refractivity contribution in [2.45, 2.75) is 52.6 Å². The van der Waals surface area contributed by atoms with Gasteiger partial charge in [0.1, 0.15) is 20.4 Å². The van der Waals surface area contributed by atoms with E-state index >= 15 is 0 Å². The molecular weight excluding hydrogens is 332 g/mol. The monoisotopic (exact) mass is 360 g/mol. The number of rotatable bonds is 5. The Morgan fingerprint density at radius 3 is 2.46 bits per heavy atom. The molecule has 0 fully saturated rings. The summed E-state index contributed by atoms with van der Waals surface area (Å²) in [4.78, 5) is 0. The largest absolute Gasteiger partial charge is 0.489 e. The molecule has 0 saturated heterocycles. The minimum atomic E-state index is -1.87. The second-order valence-corrected chi connectivity index (χ2v) is 12.9. The Morgan fingerprint density at radius 1 is 1.29 bits per heavy atom. The molecule has 1 aliphatic carbocycles. The zero-order chi connectivity index (χ0) is 18.1. The van der Waals surface area contributed by atoms with E-state index in [9.17, 15) is 0 Å². The molecular formula is C21H29ClOSi. The van der Waals surface area contributed by atoms with E-state index in [1.165, 1.54) is 16.3 Å². The number of hydrogen-bond donors (Lipinski definition) is 0. The van der Waals surface area contributed by atoms with E-state index in [0.29, 0.717) is 6.61 Å². The summed E-state index contributed by atoms with van der Waals surface area (Å²) >= 11 is 6.53. The highest BCUT2D eigenvalue weighted by Crippen LogP contribution is 2.37. The molecule has 1 nitrogen and oxygen atoms in total. The van der Waals surface area contributed by atoms with E-state index in [2.05, 4.69) is 71.7 Å². The molecule has 0 saturated carbocycles. The van der Waals surface area contributed by atoms with Crippen LogP contribution in [0.2, 0.25) is 18.1 Å². The zero-order valence-electron chi connectivity index (χ0n) is 15.8. The van der Waals surface area contributed by atoms with Crippen LogP contribution in [0.25, 0.3) is 0 Å². The van der Waals surface area contributed by atoms with Gasteiger partial charge in [0.15, 0.2) is 0 Å². The number of allylic oxidation sites excluding steroid dienone is 4. The Bertz CT molecular complexity index is 705. The van der Waals surface area contributed by atoms with Crippen molar-refractivity contribution in [1.82, 2.24) is 0 Å². The van der Waals surface area contributed by atoms with Crippen molar-refractivity contribution >= 4 is 24.9 Å². The summed E-state index contributed by atoms with van der Waals surface area (Å²) in [6.07, 6.45) is 7.35. The Labute approximate surface area is 153 Å². The lowest BCUT2D eigenvalue weighted by Crippen LogP contribution is -2.45. The summed E-state index contributed by atoms with van der Waals surface area (Å²) in [5.41, 5.74) is 2.55. The van der Waals surface area contributed by atoms with Gasteiger partial charge >= 0.3 is 0 Å². The molecule has 0 unspecified atom stereocenters. The van der Waals surface area contributed by atoms with Gasteiger partial charge in [0.05, 0.1) is 0 Å². The van der Waals surface area contributed by atoms with Crippen LogP contribution in [0, 0.1) is 0 Å². The fourth-order valence-electron chi connectivity index (χ4n) is 3.44. The smallest absolute Gasteiger partial charge is 0.123 e. The number of benzene rings is 1. The Morgan fingerprint density at radius 2 is 1.96 bits per heavy atom. The first-order chi connectivity index (χ1) is 11.1. The summed E-state index contributed by atoms with van der Waals surface area (Å²) in [5, 5.41) is 3.65. The molecule has 24 heavy (non-hydrogen) atoms. The van der Waals surface area contributed by atoms with Gasteiger partial charge in [-0.15, -0.1) is 0 Å². The van der Waals surface area contributed by atoms with E-state index in [1.807, 2.05) is 0 Å². The van der Waals surface area contributed by atoms with Gasteiger partial charge in [-0.3, -0.25) is 0 Å². The van der Waals surface area contributed by atoms with Crippen molar-refractivity contribution < 1.29 is 4.74 Å². The van der Waals surface area contributed by atoms with E-state index in [0.717, 1.165) is 17.2 Å². The van der Waals surface area contributed by atoms with E-state index in [-0.39, 0.29) is 5.41 Å². The van der Waals surface area contributed by atoms with Crippen LogP contribution in [-0.4, -0.2) is 14.7 Å². The van der Waals surface area contributed by atoms with Crippen LogP contribution >= 0.6 is 11.6 Å². The molecule has 0 N–H and O–H groups in total. The van der Waals surface area contributed by atoms with Crippen molar-refractivity contribution in [3.63, 3.8) is 0 Å². The predicted molar refractivity (Wildman–Crippen MR) is 109 cm³/mol. The lowest BCUT2D eigenvalue weighted by atomic mass is 9.86. The average molecular weight is 361 g/mol. The van der Waals surface area contributed by atoms with E-state index in [4.69, 9.17) is 16.3 Å². The molecule has 3 heteroatoms. The standard InChI is InChI=1S/C21H29ClOSi/c1-8-12-23-20-17(21(3,4)5)13-16(22)14-19(20)24(6,7)18-11-9-10-15(18)2/h8-10,13-14H,1,11-12H2,2-7H3. The van der Waals surface area contributed by atoms with Crippen LogP contribution < -0.4 is 9.92 Å². The quantitative estimate of drug-likeness (QED) is 0.466. The first-order valence-electron chi connectivity index (χ1n) is 8.54. The summed E-state index contributed by atoms with van der Waals surface area (Å²) in [6, 6.07) is 4.18. The van der Waals surface area contributed by atoms with E-state index < -0.39 is 8.07 Å². The van der Waals surface area contributed by atoms with Crippen molar-refractivity contribution in [3.8, 4) is 5.75 Å². The number of halogens is 1. The third-order valence-electron chi connectivity index (χ3n) is 4.80. The number of hydrogen-bond acceptors (Lipinski definition) is 1. The average Bonchev–Trinajstić information content (AvgIpc) is 2.91. The van der Waals surface area contributed by atoms with Gasteiger partial charge in [0.2, 0.25) is 0 Å². The molecule has 130 valence electrons. The minimum Gasteiger partial charge on any atom is -0.489 e. The zero-order valence-corrected chi connectivity index (χ0v) is 17.6. The van der Waals surface area contributed by atoms with Crippen molar-refractivity contribution in [3.05, 3.63) is 58.3 Å². The second kappa shape index (κ2) is 6.93. The summed E-state index contributed by atoms with van der Waals surface area (Å²) in [5.74, 6) is 1.01. The molecule has 1 aromatic rings. The molecule has 0 spiro atoms. The van der Waals surface area contributed by atoms with Gasteiger partial charge in [0, 0.05) is 10.6 Å². The molecule has 0 amide bonds. The second-order valence-electron chi connectivity index (χ2n) is 8.07. The Kier molecular flexibility index (Phi) is 5.51. The van der Waals surface area contributed by atoms with Crippen LogP contribution in [0.1, 0.15) is 39.7 Å². The maximum Gasteiger partial charge on any atom is 0.123 e. The molecule has 0 aliphatic heterocycles. The molecule has 0 atom stereocenters. The van der Waals surface area contributed by atoms with Gasteiger partial charge in [-0.1, -0.05) is 81.0 Å². The van der Waals surface area contributed by atoms with Crippen molar-refractivity contribution in [2.75, 3.05) is 6.61 Å². The van der Waals surface area contributed by atoms with Crippen LogP contribution in [0.4, 0.5) is 0 Å². The van der Waals surface area contributed by atoms with E-state index in [1.54, 1.807) is 11.3 Å². The SMILES string of the molecule is C=CCOc1c(C(C)(C)C)cc(Cl)cc1[Si](C)(C)C1=C(C)C=CC1.